The van der Waals surface area contributed by atoms with Crippen molar-refractivity contribution in [3.63, 3.8) is 0 Å². The minimum absolute atomic E-state index is 0.0450. The molecule has 1 aliphatic heterocycles. The van der Waals surface area contributed by atoms with Gasteiger partial charge >= 0.3 is 0 Å². The van der Waals surface area contributed by atoms with Crippen molar-refractivity contribution in [2.24, 2.45) is 0 Å². The number of aryl methyl sites for hydroxylation is 2. The van der Waals surface area contributed by atoms with E-state index < -0.39 is 0 Å². The predicted octanol–water partition coefficient (Wildman–Crippen LogP) is 0.955. The van der Waals surface area contributed by atoms with Gasteiger partial charge in [-0.3, -0.25) is 4.79 Å². The number of carbonyl (C=O) groups excluding carboxylic acids is 1. The maximum Gasteiger partial charge on any atom is 0.261 e. The van der Waals surface area contributed by atoms with Crippen LogP contribution in [0, 0.1) is 0 Å². The fourth-order valence-electron chi connectivity index (χ4n) is 2.49. The third-order valence-electron chi connectivity index (χ3n) is 3.47. The lowest BCUT2D eigenvalue weighted by Crippen LogP contribution is -2.45. The molecule has 1 aliphatic carbocycles. The van der Waals surface area contributed by atoms with Crippen molar-refractivity contribution in [3.8, 4) is 0 Å². The van der Waals surface area contributed by atoms with E-state index in [1.807, 2.05) is 0 Å². The van der Waals surface area contributed by atoms with E-state index in [9.17, 15) is 4.79 Å². The number of hydrogen-bond donors (Lipinski definition) is 2. The standard InChI is InChI=1S/C13H18N2O2S/c16-13(15-8-10-7-14-4-5-17-10)12-6-9-2-1-3-11(9)18-12/h6,10,14H,1-5,7-8H2,(H,15,16). The fourth-order valence-corrected chi connectivity index (χ4v) is 3.66. The number of hydrogen-bond acceptors (Lipinski definition) is 4. The van der Waals surface area contributed by atoms with Crippen LogP contribution in [0.1, 0.15) is 26.5 Å². The van der Waals surface area contributed by atoms with Gasteiger partial charge in [-0.15, -0.1) is 11.3 Å². The summed E-state index contributed by atoms with van der Waals surface area (Å²) in [6.07, 6.45) is 3.62. The molecule has 1 unspecified atom stereocenters. The molecular formula is C13H18N2O2S. The van der Waals surface area contributed by atoms with E-state index in [1.54, 1.807) is 11.3 Å². The zero-order valence-corrected chi connectivity index (χ0v) is 11.1. The monoisotopic (exact) mass is 266 g/mol. The summed E-state index contributed by atoms with van der Waals surface area (Å²) in [7, 11) is 0. The first-order chi connectivity index (χ1) is 8.83. The lowest BCUT2D eigenvalue weighted by atomic mass is 10.2. The second-order valence-corrected chi connectivity index (χ2v) is 5.96. The molecule has 0 aromatic carbocycles. The summed E-state index contributed by atoms with van der Waals surface area (Å²) in [5.41, 5.74) is 1.38. The number of rotatable bonds is 3. The summed E-state index contributed by atoms with van der Waals surface area (Å²) in [6.45, 7) is 3.05. The molecule has 98 valence electrons. The van der Waals surface area contributed by atoms with E-state index in [2.05, 4.69) is 16.7 Å². The van der Waals surface area contributed by atoms with Gasteiger partial charge in [-0.1, -0.05) is 0 Å². The molecule has 0 radical (unpaired) electrons. The molecule has 0 spiro atoms. The van der Waals surface area contributed by atoms with Gasteiger partial charge in [0.25, 0.3) is 5.91 Å². The fraction of sp³-hybridized carbons (Fsp3) is 0.615. The summed E-state index contributed by atoms with van der Waals surface area (Å²) in [5, 5.41) is 6.22. The van der Waals surface area contributed by atoms with Crippen LogP contribution in [0.4, 0.5) is 0 Å². The zero-order valence-electron chi connectivity index (χ0n) is 10.3. The van der Waals surface area contributed by atoms with Crippen LogP contribution in [0.5, 0.6) is 0 Å². The van der Waals surface area contributed by atoms with E-state index in [0.717, 1.165) is 37.4 Å². The van der Waals surface area contributed by atoms with Gasteiger partial charge in [0.05, 0.1) is 17.6 Å². The summed E-state index contributed by atoms with van der Waals surface area (Å²) in [4.78, 5) is 14.3. The van der Waals surface area contributed by atoms with Crippen molar-refractivity contribution in [2.75, 3.05) is 26.2 Å². The van der Waals surface area contributed by atoms with Crippen LogP contribution in [0.15, 0.2) is 6.07 Å². The lowest BCUT2D eigenvalue weighted by molar-refractivity contribution is 0.0287. The Morgan fingerprint density at radius 2 is 2.50 bits per heavy atom. The van der Waals surface area contributed by atoms with Gasteiger partial charge < -0.3 is 15.4 Å². The zero-order chi connectivity index (χ0) is 12.4. The van der Waals surface area contributed by atoms with Crippen LogP contribution in [-0.2, 0) is 17.6 Å². The number of ether oxygens (including phenoxy) is 1. The van der Waals surface area contributed by atoms with Crippen LogP contribution in [0.25, 0.3) is 0 Å². The number of thiophene rings is 1. The molecule has 18 heavy (non-hydrogen) atoms. The molecule has 1 atom stereocenters. The van der Waals surface area contributed by atoms with Crippen molar-refractivity contribution in [1.29, 1.82) is 0 Å². The minimum Gasteiger partial charge on any atom is -0.374 e. The largest absolute Gasteiger partial charge is 0.374 e. The summed E-state index contributed by atoms with van der Waals surface area (Å²) in [6, 6.07) is 2.06. The van der Waals surface area contributed by atoms with Crippen molar-refractivity contribution in [3.05, 3.63) is 21.4 Å². The van der Waals surface area contributed by atoms with Gasteiger partial charge in [0.2, 0.25) is 0 Å². The Bertz CT molecular complexity index is 417. The summed E-state index contributed by atoms with van der Waals surface area (Å²) in [5.74, 6) is 0.0450. The van der Waals surface area contributed by atoms with Crippen LogP contribution in [0.3, 0.4) is 0 Å². The highest BCUT2D eigenvalue weighted by Gasteiger charge is 2.19. The molecule has 0 saturated carbocycles. The highest BCUT2D eigenvalue weighted by Crippen LogP contribution is 2.30. The molecule has 2 aliphatic rings. The molecule has 1 saturated heterocycles. The second-order valence-electron chi connectivity index (χ2n) is 4.82. The highest BCUT2D eigenvalue weighted by atomic mass is 32.1. The third-order valence-corrected chi connectivity index (χ3v) is 4.70. The summed E-state index contributed by atoms with van der Waals surface area (Å²) < 4.78 is 5.55. The SMILES string of the molecule is O=C(NCC1CNCCO1)c1cc2c(s1)CCC2. The van der Waals surface area contributed by atoms with Crippen molar-refractivity contribution >= 4 is 17.2 Å². The Labute approximate surface area is 111 Å². The third kappa shape index (κ3) is 2.58. The molecule has 0 bridgehead atoms. The average Bonchev–Trinajstić information content (AvgIpc) is 2.98. The molecule has 2 heterocycles. The smallest absolute Gasteiger partial charge is 0.261 e. The molecule has 4 nitrogen and oxygen atoms in total. The van der Waals surface area contributed by atoms with Gasteiger partial charge in [-0.05, 0) is 30.9 Å². The van der Waals surface area contributed by atoms with Crippen molar-refractivity contribution in [2.45, 2.75) is 25.4 Å². The van der Waals surface area contributed by atoms with Gasteiger partial charge in [-0.2, -0.15) is 0 Å². The van der Waals surface area contributed by atoms with Crippen LogP contribution < -0.4 is 10.6 Å². The molecule has 1 amide bonds. The summed E-state index contributed by atoms with van der Waals surface area (Å²) >= 11 is 1.65. The Kier molecular flexibility index (Phi) is 3.63. The lowest BCUT2D eigenvalue weighted by Gasteiger charge is -2.23. The topological polar surface area (TPSA) is 50.4 Å². The molecular weight excluding hydrogens is 248 g/mol. The van der Waals surface area contributed by atoms with Gasteiger partial charge in [0.1, 0.15) is 0 Å². The first-order valence-corrected chi connectivity index (χ1v) is 7.36. The molecule has 1 aromatic rings. The minimum atomic E-state index is 0.0450. The Hall–Kier alpha value is -0.910. The van der Waals surface area contributed by atoms with Gasteiger partial charge in [-0.25, -0.2) is 0 Å². The molecule has 1 fully saturated rings. The number of fused-ring (bicyclic) bond motifs is 1. The normalized spacial score (nSPS) is 22.8. The molecule has 1 aromatic heterocycles. The average molecular weight is 266 g/mol. The molecule has 2 N–H and O–H groups in total. The first-order valence-electron chi connectivity index (χ1n) is 6.55. The second kappa shape index (κ2) is 5.38. The highest BCUT2D eigenvalue weighted by molar-refractivity contribution is 7.14. The number of carbonyl (C=O) groups is 1. The van der Waals surface area contributed by atoms with Crippen LogP contribution >= 0.6 is 11.3 Å². The Morgan fingerprint density at radius 3 is 3.28 bits per heavy atom. The van der Waals surface area contributed by atoms with E-state index >= 15 is 0 Å². The van der Waals surface area contributed by atoms with Crippen molar-refractivity contribution < 1.29 is 9.53 Å². The quantitative estimate of drug-likeness (QED) is 0.856. The van der Waals surface area contributed by atoms with E-state index in [1.165, 1.54) is 16.9 Å². The molecule has 3 rings (SSSR count). The van der Waals surface area contributed by atoms with Crippen LogP contribution in [0.2, 0.25) is 0 Å². The first kappa shape index (κ1) is 12.1. The maximum atomic E-state index is 12.0. The van der Waals surface area contributed by atoms with Gasteiger partial charge in [0.15, 0.2) is 0 Å². The molecule has 5 heteroatoms. The van der Waals surface area contributed by atoms with Gasteiger partial charge in [0, 0.05) is 24.5 Å². The number of amides is 1. The number of morpholine rings is 1. The Balaban J connectivity index is 1.54. The number of nitrogens with one attached hydrogen (secondary N) is 2. The van der Waals surface area contributed by atoms with Crippen LogP contribution in [-0.4, -0.2) is 38.3 Å². The van der Waals surface area contributed by atoms with E-state index in [0.29, 0.717) is 6.54 Å². The van der Waals surface area contributed by atoms with E-state index in [4.69, 9.17) is 4.74 Å². The van der Waals surface area contributed by atoms with Crippen molar-refractivity contribution in [1.82, 2.24) is 10.6 Å². The van der Waals surface area contributed by atoms with E-state index in [-0.39, 0.29) is 12.0 Å². The Morgan fingerprint density at radius 1 is 1.56 bits per heavy atom. The predicted molar refractivity (Wildman–Crippen MR) is 71.3 cm³/mol. The maximum absolute atomic E-state index is 12.0.